The predicted molar refractivity (Wildman–Crippen MR) is 93.6 cm³/mol. The number of nitrogens with zero attached hydrogens (tertiary/aromatic N) is 3. The molecule has 4 heterocycles. The number of aryl methyl sites for hydroxylation is 1. The zero-order chi connectivity index (χ0) is 17.8. The number of carbonyl (C=O) groups excluding carboxylic acids is 1. The van der Waals surface area contributed by atoms with Gasteiger partial charge in [-0.1, -0.05) is 0 Å². The minimum atomic E-state index is -0.603. The first-order valence-corrected chi connectivity index (χ1v) is 9.44. The van der Waals surface area contributed by atoms with E-state index in [-0.39, 0.29) is 23.9 Å². The van der Waals surface area contributed by atoms with Crippen molar-refractivity contribution >= 4 is 11.6 Å². The number of likely N-dealkylation sites (tertiary alicyclic amines) is 1. The fourth-order valence-corrected chi connectivity index (χ4v) is 4.82. The normalized spacial score (nSPS) is 31.2. The first kappa shape index (κ1) is 16.2. The van der Waals surface area contributed by atoms with E-state index in [1.54, 1.807) is 18.3 Å². The number of hydrogen-bond acceptors (Lipinski definition) is 4. The summed E-state index contributed by atoms with van der Waals surface area (Å²) in [6.07, 6.45) is 5.14. The van der Waals surface area contributed by atoms with Crippen molar-refractivity contribution in [2.45, 2.75) is 44.4 Å². The van der Waals surface area contributed by atoms with Gasteiger partial charge in [0, 0.05) is 18.7 Å². The summed E-state index contributed by atoms with van der Waals surface area (Å²) >= 11 is 0. The van der Waals surface area contributed by atoms with Crippen molar-refractivity contribution in [1.82, 2.24) is 19.6 Å². The molecule has 2 aromatic heterocycles. The van der Waals surface area contributed by atoms with E-state index in [2.05, 4.69) is 15.2 Å². The summed E-state index contributed by atoms with van der Waals surface area (Å²) in [6, 6.07) is 3.79. The van der Waals surface area contributed by atoms with Crippen LogP contribution in [0.3, 0.4) is 0 Å². The standard InChI is InChI=1S/C19H23FN4O2/c1-11-4-8-24-13(10-11)21-15(18(24)20)19(25)22-14-12-5-9-26-17(12)16(14)23-6-2-3-7-23/h4,8,10,12,14,16-17H,2-3,5-7,9H2,1H3,(H,22,25)/t12-,14+,16-,17-/m1/s1. The zero-order valence-corrected chi connectivity index (χ0v) is 14.8. The maximum absolute atomic E-state index is 14.7. The third-order valence-corrected chi connectivity index (χ3v) is 6.15. The zero-order valence-electron chi connectivity index (χ0n) is 14.8. The number of ether oxygens (including phenoxy) is 1. The number of hydrogen-bond donors (Lipinski definition) is 1. The summed E-state index contributed by atoms with van der Waals surface area (Å²) in [5, 5.41) is 3.07. The Labute approximate surface area is 151 Å². The highest BCUT2D eigenvalue weighted by Crippen LogP contribution is 2.43. The van der Waals surface area contributed by atoms with Crippen molar-refractivity contribution in [3.63, 3.8) is 0 Å². The minimum absolute atomic E-state index is 0.0130. The van der Waals surface area contributed by atoms with E-state index >= 15 is 0 Å². The largest absolute Gasteiger partial charge is 0.376 e. The monoisotopic (exact) mass is 358 g/mol. The van der Waals surface area contributed by atoms with Gasteiger partial charge in [0.15, 0.2) is 5.69 Å². The third-order valence-electron chi connectivity index (χ3n) is 6.15. The van der Waals surface area contributed by atoms with Crippen LogP contribution in [0.25, 0.3) is 5.65 Å². The Balaban J connectivity index is 1.40. The summed E-state index contributed by atoms with van der Waals surface area (Å²) in [6.45, 7) is 4.76. The molecule has 2 aromatic rings. The highest BCUT2D eigenvalue weighted by molar-refractivity contribution is 5.93. The molecule has 4 atom stereocenters. The Bertz CT molecular complexity index is 856. The number of rotatable bonds is 3. The van der Waals surface area contributed by atoms with Gasteiger partial charge in [-0.25, -0.2) is 4.98 Å². The van der Waals surface area contributed by atoms with Gasteiger partial charge < -0.3 is 10.1 Å². The van der Waals surface area contributed by atoms with Crippen LogP contribution in [0.15, 0.2) is 18.3 Å². The number of amides is 1. The predicted octanol–water partition coefficient (Wildman–Crippen LogP) is 1.76. The fraction of sp³-hybridized carbons (Fsp3) is 0.579. The number of aromatic nitrogens is 2. The molecule has 2 saturated heterocycles. The summed E-state index contributed by atoms with van der Waals surface area (Å²) in [4.78, 5) is 19.4. The molecule has 1 N–H and O–H groups in total. The van der Waals surface area contributed by atoms with Crippen LogP contribution in [0.2, 0.25) is 0 Å². The Morgan fingerprint density at radius 2 is 2.19 bits per heavy atom. The van der Waals surface area contributed by atoms with Crippen molar-refractivity contribution in [3.05, 3.63) is 35.5 Å². The lowest BCUT2D eigenvalue weighted by Crippen LogP contribution is -2.70. The molecule has 3 aliphatic rings. The molecule has 0 radical (unpaired) electrons. The molecule has 138 valence electrons. The molecule has 3 fully saturated rings. The van der Waals surface area contributed by atoms with Crippen LogP contribution >= 0.6 is 0 Å². The number of fused-ring (bicyclic) bond motifs is 2. The SMILES string of the molecule is Cc1ccn2c(F)c(C(=O)N[C@H]3[C@H]4CCO[C@H]4[C@@H]3N3CCCC3)nc2c1. The Hall–Kier alpha value is -1.99. The minimum Gasteiger partial charge on any atom is -0.376 e. The summed E-state index contributed by atoms with van der Waals surface area (Å²) in [5.74, 6) is -0.705. The lowest BCUT2D eigenvalue weighted by atomic mass is 9.70. The van der Waals surface area contributed by atoms with Gasteiger partial charge in [-0.15, -0.1) is 0 Å². The number of imidazole rings is 1. The molecule has 1 aliphatic carbocycles. The van der Waals surface area contributed by atoms with Gasteiger partial charge in [-0.3, -0.25) is 14.1 Å². The van der Waals surface area contributed by atoms with Crippen LogP contribution in [0.1, 0.15) is 35.3 Å². The van der Waals surface area contributed by atoms with Crippen LogP contribution in [-0.2, 0) is 4.74 Å². The smallest absolute Gasteiger partial charge is 0.274 e. The number of pyridine rings is 1. The highest BCUT2D eigenvalue weighted by atomic mass is 19.1. The van der Waals surface area contributed by atoms with Crippen LogP contribution in [0.5, 0.6) is 0 Å². The van der Waals surface area contributed by atoms with Crippen molar-refractivity contribution < 1.29 is 13.9 Å². The first-order valence-electron chi connectivity index (χ1n) is 9.44. The van der Waals surface area contributed by atoms with Gasteiger partial charge in [0.05, 0.1) is 18.2 Å². The molecular formula is C19H23FN4O2. The Morgan fingerprint density at radius 1 is 1.38 bits per heavy atom. The molecule has 2 aliphatic heterocycles. The molecule has 0 unspecified atom stereocenters. The average molecular weight is 358 g/mol. The quantitative estimate of drug-likeness (QED) is 0.908. The number of nitrogens with one attached hydrogen (secondary N) is 1. The second-order valence-electron chi connectivity index (χ2n) is 7.70. The van der Waals surface area contributed by atoms with E-state index in [1.807, 2.05) is 6.92 Å². The van der Waals surface area contributed by atoms with Crippen molar-refractivity contribution in [2.75, 3.05) is 19.7 Å². The lowest BCUT2D eigenvalue weighted by Gasteiger charge is -2.51. The molecule has 5 rings (SSSR count). The van der Waals surface area contributed by atoms with Gasteiger partial charge in [0.1, 0.15) is 5.65 Å². The lowest BCUT2D eigenvalue weighted by molar-refractivity contribution is -0.0748. The Kier molecular flexibility index (Phi) is 3.76. The summed E-state index contributed by atoms with van der Waals surface area (Å²) < 4.78 is 21.9. The van der Waals surface area contributed by atoms with Crippen molar-refractivity contribution in [2.24, 2.45) is 5.92 Å². The molecule has 0 bridgehead atoms. The van der Waals surface area contributed by atoms with Crippen molar-refractivity contribution in [1.29, 1.82) is 0 Å². The van der Waals surface area contributed by atoms with Gasteiger partial charge in [0.2, 0.25) is 5.95 Å². The van der Waals surface area contributed by atoms with E-state index in [1.165, 1.54) is 17.2 Å². The summed E-state index contributed by atoms with van der Waals surface area (Å²) in [7, 11) is 0. The van der Waals surface area contributed by atoms with E-state index in [4.69, 9.17) is 4.74 Å². The van der Waals surface area contributed by atoms with Gasteiger partial charge in [-0.2, -0.15) is 4.39 Å². The van der Waals surface area contributed by atoms with E-state index in [0.29, 0.717) is 11.6 Å². The molecule has 1 amide bonds. The van der Waals surface area contributed by atoms with E-state index in [0.717, 1.165) is 31.7 Å². The third kappa shape index (κ3) is 2.37. The second kappa shape index (κ2) is 6.03. The maximum Gasteiger partial charge on any atom is 0.274 e. The highest BCUT2D eigenvalue weighted by Gasteiger charge is 2.57. The van der Waals surface area contributed by atoms with Gasteiger partial charge in [-0.05, 0) is 57.0 Å². The Morgan fingerprint density at radius 3 is 3.00 bits per heavy atom. The molecule has 1 saturated carbocycles. The number of halogens is 1. The molecule has 26 heavy (non-hydrogen) atoms. The fourth-order valence-electron chi connectivity index (χ4n) is 4.82. The van der Waals surface area contributed by atoms with Crippen molar-refractivity contribution in [3.8, 4) is 0 Å². The van der Waals surface area contributed by atoms with Crippen LogP contribution in [0, 0.1) is 18.8 Å². The molecule has 6 nitrogen and oxygen atoms in total. The molecule has 7 heteroatoms. The number of carbonyl (C=O) groups is 1. The average Bonchev–Trinajstić information content (AvgIpc) is 3.33. The molecule has 0 aromatic carbocycles. The van der Waals surface area contributed by atoms with Gasteiger partial charge in [0.25, 0.3) is 5.91 Å². The molecular weight excluding hydrogens is 335 g/mol. The molecule has 0 spiro atoms. The van der Waals surface area contributed by atoms with Gasteiger partial charge >= 0.3 is 0 Å². The maximum atomic E-state index is 14.7. The topological polar surface area (TPSA) is 58.9 Å². The van der Waals surface area contributed by atoms with Crippen LogP contribution < -0.4 is 5.32 Å². The van der Waals surface area contributed by atoms with E-state index in [9.17, 15) is 9.18 Å². The second-order valence-corrected chi connectivity index (χ2v) is 7.70. The van der Waals surface area contributed by atoms with Crippen LogP contribution in [-0.4, -0.2) is 58.1 Å². The van der Waals surface area contributed by atoms with E-state index < -0.39 is 11.9 Å². The van der Waals surface area contributed by atoms with Crippen LogP contribution in [0.4, 0.5) is 4.39 Å². The summed E-state index contributed by atoms with van der Waals surface area (Å²) in [5.41, 5.74) is 1.31. The first-order chi connectivity index (χ1) is 12.6.